The second-order valence-electron chi connectivity index (χ2n) is 7.36. The third kappa shape index (κ3) is 5.51. The van der Waals surface area contributed by atoms with Crippen LogP contribution in [0.15, 0.2) is 42.5 Å². The van der Waals surface area contributed by atoms with E-state index in [0.717, 1.165) is 16.9 Å². The van der Waals surface area contributed by atoms with Gasteiger partial charge in [-0.15, -0.1) is 0 Å². The van der Waals surface area contributed by atoms with Gasteiger partial charge < -0.3 is 14.5 Å². The van der Waals surface area contributed by atoms with Crippen molar-refractivity contribution in [3.63, 3.8) is 0 Å². The fourth-order valence-electron chi connectivity index (χ4n) is 3.55. The second kappa shape index (κ2) is 9.79. The molecule has 1 heterocycles. The molecule has 1 saturated heterocycles. The van der Waals surface area contributed by atoms with Crippen LogP contribution in [0.1, 0.15) is 34.3 Å². The normalized spacial score (nSPS) is 14.0. The van der Waals surface area contributed by atoms with Gasteiger partial charge in [-0.1, -0.05) is 35.9 Å². The molecule has 2 aromatic carbocycles. The molecule has 0 aliphatic carbocycles. The Morgan fingerprint density at radius 1 is 0.966 bits per heavy atom. The summed E-state index contributed by atoms with van der Waals surface area (Å²) in [5, 5.41) is 0.549. The maximum Gasteiger partial charge on any atom is 0.254 e. The summed E-state index contributed by atoms with van der Waals surface area (Å²) in [7, 11) is 0. The standard InChI is InChI=1S/C23H27ClN2O3/c1-17-6-3-7-18(2)22(17)29-15-5-10-21(27)25-11-13-26(14-12-25)23(28)19-8-4-9-20(24)16-19/h3-4,6-9,16H,5,10-15H2,1-2H3. The lowest BCUT2D eigenvalue weighted by atomic mass is 10.1. The first-order valence-corrected chi connectivity index (χ1v) is 10.3. The molecule has 0 unspecified atom stereocenters. The Morgan fingerprint density at radius 2 is 1.59 bits per heavy atom. The van der Waals surface area contributed by atoms with E-state index in [4.69, 9.17) is 16.3 Å². The number of hydrogen-bond donors (Lipinski definition) is 0. The average molecular weight is 415 g/mol. The quantitative estimate of drug-likeness (QED) is 0.668. The molecule has 0 saturated carbocycles. The van der Waals surface area contributed by atoms with Crippen LogP contribution in [0.4, 0.5) is 0 Å². The van der Waals surface area contributed by atoms with Gasteiger partial charge in [-0.2, -0.15) is 0 Å². The van der Waals surface area contributed by atoms with E-state index in [2.05, 4.69) is 0 Å². The van der Waals surface area contributed by atoms with E-state index in [1.807, 2.05) is 36.9 Å². The largest absolute Gasteiger partial charge is 0.493 e. The molecule has 1 aliphatic rings. The van der Waals surface area contributed by atoms with Crippen molar-refractivity contribution < 1.29 is 14.3 Å². The fourth-order valence-corrected chi connectivity index (χ4v) is 3.74. The van der Waals surface area contributed by atoms with Gasteiger partial charge in [-0.05, 0) is 49.6 Å². The number of halogens is 1. The van der Waals surface area contributed by atoms with Crippen molar-refractivity contribution in [2.45, 2.75) is 26.7 Å². The first-order chi connectivity index (χ1) is 14.0. The summed E-state index contributed by atoms with van der Waals surface area (Å²) in [5.74, 6) is 0.986. The molecule has 0 aromatic heterocycles. The minimum atomic E-state index is -0.0402. The van der Waals surface area contributed by atoms with Gasteiger partial charge in [0, 0.05) is 43.2 Å². The number of aryl methyl sites for hydroxylation is 2. The van der Waals surface area contributed by atoms with E-state index in [1.165, 1.54) is 0 Å². The first-order valence-electron chi connectivity index (χ1n) is 9.97. The summed E-state index contributed by atoms with van der Waals surface area (Å²) >= 11 is 5.98. The number of carbonyl (C=O) groups excluding carboxylic acids is 2. The van der Waals surface area contributed by atoms with Crippen LogP contribution >= 0.6 is 11.6 Å². The van der Waals surface area contributed by atoms with Gasteiger partial charge in [0.05, 0.1) is 6.61 Å². The number of carbonyl (C=O) groups is 2. The Labute approximate surface area is 177 Å². The number of nitrogens with zero attached hydrogens (tertiary/aromatic N) is 2. The molecule has 3 rings (SSSR count). The minimum absolute atomic E-state index is 0.0402. The molecule has 2 aromatic rings. The van der Waals surface area contributed by atoms with Crippen LogP contribution in [0.5, 0.6) is 5.75 Å². The van der Waals surface area contributed by atoms with Crippen molar-refractivity contribution in [3.8, 4) is 5.75 Å². The number of benzene rings is 2. The van der Waals surface area contributed by atoms with Crippen LogP contribution in [0.3, 0.4) is 0 Å². The van der Waals surface area contributed by atoms with Crippen molar-refractivity contribution >= 4 is 23.4 Å². The van der Waals surface area contributed by atoms with E-state index in [1.54, 1.807) is 29.2 Å². The van der Waals surface area contributed by atoms with Crippen LogP contribution < -0.4 is 4.74 Å². The average Bonchev–Trinajstić information content (AvgIpc) is 2.72. The van der Waals surface area contributed by atoms with Crippen LogP contribution in [-0.2, 0) is 4.79 Å². The first kappa shape index (κ1) is 21.2. The molecule has 0 radical (unpaired) electrons. The van der Waals surface area contributed by atoms with Gasteiger partial charge in [-0.3, -0.25) is 9.59 Å². The number of piperazine rings is 1. The topological polar surface area (TPSA) is 49.9 Å². The number of amides is 2. The number of rotatable bonds is 6. The zero-order valence-corrected chi connectivity index (χ0v) is 17.7. The maximum atomic E-state index is 12.6. The molecule has 0 spiro atoms. The lowest BCUT2D eigenvalue weighted by Crippen LogP contribution is -2.50. The predicted molar refractivity (Wildman–Crippen MR) is 115 cm³/mol. The second-order valence-corrected chi connectivity index (χ2v) is 7.79. The molecule has 0 atom stereocenters. The Hall–Kier alpha value is -2.53. The highest BCUT2D eigenvalue weighted by Crippen LogP contribution is 2.22. The Morgan fingerprint density at radius 3 is 2.24 bits per heavy atom. The highest BCUT2D eigenvalue weighted by molar-refractivity contribution is 6.30. The van der Waals surface area contributed by atoms with Crippen molar-refractivity contribution in [1.29, 1.82) is 0 Å². The predicted octanol–water partition coefficient (Wildman–Crippen LogP) is 4.10. The van der Waals surface area contributed by atoms with Crippen LogP contribution in [0.25, 0.3) is 0 Å². The van der Waals surface area contributed by atoms with Gasteiger partial charge in [0.2, 0.25) is 5.91 Å². The molecule has 1 aliphatic heterocycles. The highest BCUT2D eigenvalue weighted by atomic mass is 35.5. The molecule has 154 valence electrons. The van der Waals surface area contributed by atoms with Crippen LogP contribution in [0, 0.1) is 13.8 Å². The van der Waals surface area contributed by atoms with E-state index < -0.39 is 0 Å². The summed E-state index contributed by atoms with van der Waals surface area (Å²) in [6, 6.07) is 13.0. The maximum absolute atomic E-state index is 12.6. The van der Waals surface area contributed by atoms with Gasteiger partial charge in [0.15, 0.2) is 0 Å². The summed E-state index contributed by atoms with van der Waals surface area (Å²) < 4.78 is 5.88. The van der Waals surface area contributed by atoms with Crippen LogP contribution in [-0.4, -0.2) is 54.4 Å². The van der Waals surface area contributed by atoms with Crippen molar-refractivity contribution in [2.24, 2.45) is 0 Å². The SMILES string of the molecule is Cc1cccc(C)c1OCCCC(=O)N1CCN(C(=O)c2cccc(Cl)c2)CC1. The third-order valence-corrected chi connectivity index (χ3v) is 5.42. The molecule has 0 bridgehead atoms. The monoisotopic (exact) mass is 414 g/mol. The Kier molecular flexibility index (Phi) is 7.15. The number of ether oxygens (including phenoxy) is 1. The fraction of sp³-hybridized carbons (Fsp3) is 0.391. The van der Waals surface area contributed by atoms with Crippen molar-refractivity contribution in [2.75, 3.05) is 32.8 Å². The van der Waals surface area contributed by atoms with Gasteiger partial charge in [0.1, 0.15) is 5.75 Å². The van der Waals surface area contributed by atoms with E-state index in [0.29, 0.717) is 56.2 Å². The summed E-state index contributed by atoms with van der Waals surface area (Å²) in [4.78, 5) is 28.7. The van der Waals surface area contributed by atoms with Gasteiger partial charge >= 0.3 is 0 Å². The smallest absolute Gasteiger partial charge is 0.254 e. The lowest BCUT2D eigenvalue weighted by Gasteiger charge is -2.35. The van der Waals surface area contributed by atoms with Gasteiger partial charge in [0.25, 0.3) is 5.91 Å². The zero-order chi connectivity index (χ0) is 20.8. The third-order valence-electron chi connectivity index (χ3n) is 5.18. The Bertz CT molecular complexity index is 856. The lowest BCUT2D eigenvalue weighted by molar-refractivity contribution is -0.132. The molecule has 6 heteroatoms. The molecule has 2 amide bonds. The van der Waals surface area contributed by atoms with Crippen molar-refractivity contribution in [1.82, 2.24) is 9.80 Å². The summed E-state index contributed by atoms with van der Waals surface area (Å²) in [6.07, 6.45) is 1.13. The summed E-state index contributed by atoms with van der Waals surface area (Å²) in [5.41, 5.74) is 2.80. The molecule has 5 nitrogen and oxygen atoms in total. The molecule has 1 fully saturated rings. The summed E-state index contributed by atoms with van der Waals surface area (Å²) in [6.45, 7) is 6.76. The minimum Gasteiger partial charge on any atom is -0.493 e. The molecular weight excluding hydrogens is 388 g/mol. The zero-order valence-electron chi connectivity index (χ0n) is 17.0. The molecular formula is C23H27ClN2O3. The van der Waals surface area contributed by atoms with E-state index >= 15 is 0 Å². The highest BCUT2D eigenvalue weighted by Gasteiger charge is 2.24. The van der Waals surface area contributed by atoms with Crippen molar-refractivity contribution in [3.05, 3.63) is 64.2 Å². The molecule has 29 heavy (non-hydrogen) atoms. The van der Waals surface area contributed by atoms with E-state index in [9.17, 15) is 9.59 Å². The number of para-hydroxylation sites is 1. The van der Waals surface area contributed by atoms with Gasteiger partial charge in [-0.25, -0.2) is 0 Å². The molecule has 0 N–H and O–H groups in total. The number of hydrogen-bond acceptors (Lipinski definition) is 3. The van der Waals surface area contributed by atoms with Crippen LogP contribution in [0.2, 0.25) is 5.02 Å². The Balaban J connectivity index is 1.41. The van der Waals surface area contributed by atoms with E-state index in [-0.39, 0.29) is 11.8 Å².